The second kappa shape index (κ2) is 5.43. The van der Waals surface area contributed by atoms with Gasteiger partial charge in [0.25, 0.3) is 0 Å². The Hall–Kier alpha value is -0.900. The summed E-state index contributed by atoms with van der Waals surface area (Å²) in [5, 5.41) is 9.46. The molecule has 0 unspecified atom stereocenters. The minimum Gasteiger partial charge on any atom is -0.396 e. The lowest BCUT2D eigenvalue weighted by molar-refractivity contribution is 0.0114. The standard InChI is InChI=1S/C13H19NO2/c1-14-7-8-16-13(12(9-14)10-15)11-5-3-2-4-6-11/h2-6,12-13,15H,7-10H2,1H3/t12-,13+/m0/s1. The normalized spacial score (nSPS) is 27.6. The Balaban J connectivity index is 2.17. The minimum atomic E-state index is 0.0242. The van der Waals surface area contributed by atoms with Gasteiger partial charge in [0.2, 0.25) is 0 Å². The van der Waals surface area contributed by atoms with Gasteiger partial charge in [0.05, 0.1) is 12.7 Å². The number of aliphatic hydroxyl groups excluding tert-OH is 1. The van der Waals surface area contributed by atoms with E-state index in [4.69, 9.17) is 4.74 Å². The molecule has 88 valence electrons. The first-order valence-electron chi connectivity index (χ1n) is 5.77. The highest BCUT2D eigenvalue weighted by molar-refractivity contribution is 5.18. The number of aliphatic hydroxyl groups is 1. The van der Waals surface area contributed by atoms with E-state index in [-0.39, 0.29) is 18.6 Å². The lowest BCUT2D eigenvalue weighted by atomic mass is 9.96. The van der Waals surface area contributed by atoms with Crippen molar-refractivity contribution in [2.75, 3.05) is 33.4 Å². The summed E-state index contributed by atoms with van der Waals surface area (Å²) in [5.41, 5.74) is 1.16. The highest BCUT2D eigenvalue weighted by atomic mass is 16.5. The summed E-state index contributed by atoms with van der Waals surface area (Å²) in [6.07, 6.45) is 0.0242. The Kier molecular flexibility index (Phi) is 3.93. The van der Waals surface area contributed by atoms with E-state index in [1.165, 1.54) is 0 Å². The molecule has 0 saturated carbocycles. The fourth-order valence-corrected chi connectivity index (χ4v) is 2.22. The van der Waals surface area contributed by atoms with Crippen molar-refractivity contribution >= 4 is 0 Å². The third kappa shape index (κ3) is 2.61. The highest BCUT2D eigenvalue weighted by Gasteiger charge is 2.27. The van der Waals surface area contributed by atoms with Crippen molar-refractivity contribution in [2.45, 2.75) is 6.10 Å². The zero-order valence-corrected chi connectivity index (χ0v) is 9.67. The van der Waals surface area contributed by atoms with Gasteiger partial charge in [-0.1, -0.05) is 30.3 Å². The Morgan fingerprint density at radius 1 is 1.38 bits per heavy atom. The number of likely N-dealkylation sites (N-methyl/N-ethyl adjacent to an activating group) is 1. The van der Waals surface area contributed by atoms with Gasteiger partial charge >= 0.3 is 0 Å². The van der Waals surface area contributed by atoms with E-state index in [1.807, 2.05) is 18.2 Å². The third-order valence-corrected chi connectivity index (χ3v) is 3.11. The summed E-state index contributed by atoms with van der Waals surface area (Å²) in [4.78, 5) is 2.21. The van der Waals surface area contributed by atoms with E-state index in [0.717, 1.165) is 25.3 Å². The molecule has 2 rings (SSSR count). The van der Waals surface area contributed by atoms with Crippen LogP contribution in [0, 0.1) is 5.92 Å². The number of rotatable bonds is 2. The summed E-state index contributed by atoms with van der Waals surface area (Å²) in [5.74, 6) is 0.162. The van der Waals surface area contributed by atoms with Crippen LogP contribution in [0.1, 0.15) is 11.7 Å². The van der Waals surface area contributed by atoms with Crippen molar-refractivity contribution in [3.63, 3.8) is 0 Å². The molecule has 0 radical (unpaired) electrons. The summed E-state index contributed by atoms with van der Waals surface area (Å²) in [6.45, 7) is 2.71. The molecular formula is C13H19NO2. The van der Waals surface area contributed by atoms with E-state index in [2.05, 4.69) is 24.1 Å². The molecule has 1 N–H and O–H groups in total. The topological polar surface area (TPSA) is 32.7 Å². The minimum absolute atomic E-state index is 0.0242. The second-order valence-corrected chi connectivity index (χ2v) is 4.41. The van der Waals surface area contributed by atoms with Crippen LogP contribution in [0.25, 0.3) is 0 Å². The average Bonchev–Trinajstić information content (AvgIpc) is 2.51. The van der Waals surface area contributed by atoms with Gasteiger partial charge < -0.3 is 14.7 Å². The third-order valence-electron chi connectivity index (χ3n) is 3.11. The van der Waals surface area contributed by atoms with Gasteiger partial charge in [-0.3, -0.25) is 0 Å². The lowest BCUT2D eigenvalue weighted by Gasteiger charge is -2.24. The molecule has 3 nitrogen and oxygen atoms in total. The molecule has 0 aromatic heterocycles. The molecule has 0 amide bonds. The van der Waals surface area contributed by atoms with E-state index in [0.29, 0.717) is 0 Å². The SMILES string of the molecule is CN1CCO[C@H](c2ccccc2)[C@H](CO)C1. The summed E-state index contributed by atoms with van der Waals surface area (Å²) in [7, 11) is 2.07. The second-order valence-electron chi connectivity index (χ2n) is 4.41. The van der Waals surface area contributed by atoms with Crippen LogP contribution < -0.4 is 0 Å². The molecule has 1 heterocycles. The molecule has 2 atom stereocenters. The van der Waals surface area contributed by atoms with E-state index >= 15 is 0 Å². The molecule has 3 heteroatoms. The largest absolute Gasteiger partial charge is 0.396 e. The van der Waals surface area contributed by atoms with Crippen molar-refractivity contribution < 1.29 is 9.84 Å². The first kappa shape index (κ1) is 11.6. The van der Waals surface area contributed by atoms with Gasteiger partial charge in [-0.05, 0) is 12.6 Å². The van der Waals surface area contributed by atoms with Gasteiger partial charge in [0.1, 0.15) is 0 Å². The number of hydrogen-bond donors (Lipinski definition) is 1. The van der Waals surface area contributed by atoms with Crippen molar-refractivity contribution in [1.82, 2.24) is 4.90 Å². The smallest absolute Gasteiger partial charge is 0.0887 e. The predicted molar refractivity (Wildman–Crippen MR) is 63.2 cm³/mol. The van der Waals surface area contributed by atoms with Gasteiger partial charge in [0.15, 0.2) is 0 Å². The Morgan fingerprint density at radius 3 is 2.81 bits per heavy atom. The van der Waals surface area contributed by atoms with Gasteiger partial charge in [-0.2, -0.15) is 0 Å². The number of ether oxygens (including phenoxy) is 1. The van der Waals surface area contributed by atoms with Gasteiger partial charge in [-0.15, -0.1) is 0 Å². The van der Waals surface area contributed by atoms with Gasteiger partial charge in [0, 0.05) is 25.6 Å². The molecule has 1 aromatic rings. The highest BCUT2D eigenvalue weighted by Crippen LogP contribution is 2.28. The van der Waals surface area contributed by atoms with Crippen LogP contribution in [-0.4, -0.2) is 43.4 Å². The maximum atomic E-state index is 9.46. The van der Waals surface area contributed by atoms with Crippen LogP contribution >= 0.6 is 0 Å². The quantitative estimate of drug-likeness (QED) is 0.817. The molecule has 0 spiro atoms. The summed E-state index contributed by atoms with van der Waals surface area (Å²) >= 11 is 0. The summed E-state index contributed by atoms with van der Waals surface area (Å²) < 4.78 is 5.86. The van der Waals surface area contributed by atoms with E-state index in [9.17, 15) is 5.11 Å². The molecule has 1 aliphatic rings. The van der Waals surface area contributed by atoms with Crippen molar-refractivity contribution in [2.24, 2.45) is 5.92 Å². The van der Waals surface area contributed by atoms with Crippen molar-refractivity contribution in [1.29, 1.82) is 0 Å². The van der Waals surface area contributed by atoms with Crippen LogP contribution in [0.3, 0.4) is 0 Å². The molecule has 1 aliphatic heterocycles. The Bertz CT molecular complexity index is 315. The average molecular weight is 221 g/mol. The number of nitrogens with zero attached hydrogens (tertiary/aromatic N) is 1. The van der Waals surface area contributed by atoms with Crippen LogP contribution in [0.15, 0.2) is 30.3 Å². The molecule has 1 fully saturated rings. The molecule has 0 bridgehead atoms. The number of hydrogen-bond acceptors (Lipinski definition) is 3. The molecule has 1 aromatic carbocycles. The molecule has 0 aliphatic carbocycles. The maximum absolute atomic E-state index is 9.46. The maximum Gasteiger partial charge on any atom is 0.0887 e. The van der Waals surface area contributed by atoms with Crippen LogP contribution in [0.2, 0.25) is 0 Å². The first-order valence-corrected chi connectivity index (χ1v) is 5.77. The zero-order chi connectivity index (χ0) is 11.4. The van der Waals surface area contributed by atoms with E-state index < -0.39 is 0 Å². The van der Waals surface area contributed by atoms with Crippen molar-refractivity contribution in [3.8, 4) is 0 Å². The van der Waals surface area contributed by atoms with Crippen LogP contribution in [-0.2, 0) is 4.74 Å². The van der Waals surface area contributed by atoms with E-state index in [1.54, 1.807) is 0 Å². The fourth-order valence-electron chi connectivity index (χ4n) is 2.22. The van der Waals surface area contributed by atoms with Crippen molar-refractivity contribution in [3.05, 3.63) is 35.9 Å². The first-order chi connectivity index (χ1) is 7.81. The summed E-state index contributed by atoms with van der Waals surface area (Å²) in [6, 6.07) is 10.2. The lowest BCUT2D eigenvalue weighted by Crippen LogP contribution is -2.29. The fraction of sp³-hybridized carbons (Fsp3) is 0.538. The number of benzene rings is 1. The predicted octanol–water partition coefficient (Wildman–Crippen LogP) is 1.30. The van der Waals surface area contributed by atoms with Crippen LogP contribution in [0.5, 0.6) is 0 Å². The molecular weight excluding hydrogens is 202 g/mol. The molecule has 1 saturated heterocycles. The van der Waals surface area contributed by atoms with Crippen LogP contribution in [0.4, 0.5) is 0 Å². The zero-order valence-electron chi connectivity index (χ0n) is 9.67. The Morgan fingerprint density at radius 2 is 2.12 bits per heavy atom. The monoisotopic (exact) mass is 221 g/mol. The van der Waals surface area contributed by atoms with Gasteiger partial charge in [-0.25, -0.2) is 0 Å². The Labute approximate surface area is 96.6 Å². The molecule has 16 heavy (non-hydrogen) atoms.